The third-order valence-electron chi connectivity index (χ3n) is 6.98. The number of nitrogens with one attached hydrogen (secondary N) is 1. The van der Waals surface area contributed by atoms with Gasteiger partial charge in [0.25, 0.3) is 10.0 Å². The fraction of sp³-hybridized carbons (Fsp3) is 0.462. The van der Waals surface area contributed by atoms with Crippen molar-refractivity contribution in [1.82, 2.24) is 14.8 Å². The zero-order valence-corrected chi connectivity index (χ0v) is 24.1. The molecule has 2 aromatic carbocycles. The highest BCUT2D eigenvalue weighted by atomic mass is 35.5. The second-order valence-electron chi connectivity index (χ2n) is 10.8. The number of nitrogens with zero attached hydrogens (tertiary/aromatic N) is 3. The van der Waals surface area contributed by atoms with Crippen LogP contribution in [-0.4, -0.2) is 43.1 Å². The molecule has 11 heteroatoms. The summed E-state index contributed by atoms with van der Waals surface area (Å²) in [6.07, 6.45) is 3.71. The molecule has 0 atom stereocenters. The van der Waals surface area contributed by atoms with E-state index in [2.05, 4.69) is 35.7 Å². The lowest BCUT2D eigenvalue weighted by atomic mass is 9.87. The van der Waals surface area contributed by atoms with Crippen molar-refractivity contribution in [3.8, 4) is 11.4 Å². The van der Waals surface area contributed by atoms with Gasteiger partial charge in [-0.3, -0.25) is 4.72 Å². The fourth-order valence-electron chi connectivity index (χ4n) is 4.85. The number of aromatic nitrogens is 3. The Bertz CT molecular complexity index is 1500. The normalized spacial score (nSPS) is 19.1. The summed E-state index contributed by atoms with van der Waals surface area (Å²) in [5.74, 6) is 1.16. The molecule has 0 radical (unpaired) electrons. The van der Waals surface area contributed by atoms with E-state index in [1.54, 1.807) is 30.3 Å². The highest BCUT2D eigenvalue weighted by Gasteiger charge is 2.31. The predicted molar refractivity (Wildman–Crippen MR) is 147 cm³/mol. The van der Waals surface area contributed by atoms with E-state index in [1.807, 2.05) is 23.6 Å². The van der Waals surface area contributed by atoms with Gasteiger partial charge in [0, 0.05) is 22.9 Å². The van der Waals surface area contributed by atoms with Crippen molar-refractivity contribution >= 4 is 37.1 Å². The molecule has 0 saturated heterocycles. The molecule has 200 valence electrons. The van der Waals surface area contributed by atoms with E-state index in [-0.39, 0.29) is 21.6 Å². The molecule has 1 aliphatic carbocycles. The lowest BCUT2D eigenvalue weighted by Crippen LogP contribution is -2.28. The van der Waals surface area contributed by atoms with Crippen LogP contribution in [0.2, 0.25) is 5.02 Å². The number of aryl methyl sites for hydroxylation is 1. The van der Waals surface area contributed by atoms with Gasteiger partial charge in [0.15, 0.2) is 5.82 Å². The molecule has 3 aromatic rings. The molecule has 1 aliphatic rings. The van der Waals surface area contributed by atoms with Crippen LogP contribution in [0.25, 0.3) is 11.4 Å². The molecular weight excluding hydrogens is 532 g/mol. The molecule has 0 spiro atoms. The molecule has 1 heterocycles. The summed E-state index contributed by atoms with van der Waals surface area (Å²) in [7, 11) is -6.99. The van der Waals surface area contributed by atoms with Gasteiger partial charge < -0.3 is 4.57 Å². The molecule has 1 fully saturated rings. The maximum Gasteiger partial charge on any atom is 0.261 e. The predicted octanol–water partition coefficient (Wildman–Crippen LogP) is 5.53. The summed E-state index contributed by atoms with van der Waals surface area (Å²) >= 11 is 6.33. The van der Waals surface area contributed by atoms with Crippen molar-refractivity contribution in [3.05, 3.63) is 58.9 Å². The van der Waals surface area contributed by atoms with Crippen LogP contribution in [0, 0.1) is 6.92 Å². The number of sulfonamides is 1. The minimum atomic E-state index is -3.89. The molecular formula is C26H33ClN4O4S2. The summed E-state index contributed by atoms with van der Waals surface area (Å²) in [4.78, 5) is 0.151. The Morgan fingerprint density at radius 3 is 2.14 bits per heavy atom. The topological polar surface area (TPSA) is 111 Å². The highest BCUT2D eigenvalue weighted by molar-refractivity contribution is 7.92. The van der Waals surface area contributed by atoms with E-state index in [4.69, 9.17) is 11.6 Å². The standard InChI is InChI=1S/C26H33ClN4O4S2/c1-17-28-29-25(31(17)20-9-13-21(14-10-20)36(5,32)33)23-16-19(27)8-15-24(23)30-37(34,35)22-11-6-18(7-12-22)26(2,3)4/h6-8,11-12,15-16,20-21,30H,9-10,13-14H2,1-5H3. The monoisotopic (exact) mass is 564 g/mol. The number of halogens is 1. The van der Waals surface area contributed by atoms with Crippen molar-refractivity contribution in [2.45, 2.75) is 75.0 Å². The molecule has 1 N–H and O–H groups in total. The van der Waals surface area contributed by atoms with E-state index in [1.165, 1.54) is 6.26 Å². The zero-order valence-electron chi connectivity index (χ0n) is 21.7. The Kier molecular flexibility index (Phi) is 7.49. The van der Waals surface area contributed by atoms with Crippen molar-refractivity contribution < 1.29 is 16.8 Å². The van der Waals surface area contributed by atoms with Gasteiger partial charge in [0.1, 0.15) is 15.7 Å². The third kappa shape index (κ3) is 6.02. The fourth-order valence-corrected chi connectivity index (χ4v) is 7.23. The molecule has 0 aliphatic heterocycles. The summed E-state index contributed by atoms with van der Waals surface area (Å²) < 4.78 is 55.3. The summed E-state index contributed by atoms with van der Waals surface area (Å²) in [5.41, 5.74) is 1.78. The Morgan fingerprint density at radius 1 is 0.946 bits per heavy atom. The largest absolute Gasteiger partial charge is 0.308 e. The van der Waals surface area contributed by atoms with E-state index < -0.39 is 19.9 Å². The maximum atomic E-state index is 13.3. The van der Waals surface area contributed by atoms with Gasteiger partial charge in [-0.25, -0.2) is 16.8 Å². The first-order valence-electron chi connectivity index (χ1n) is 12.2. The summed E-state index contributed by atoms with van der Waals surface area (Å²) in [6.45, 7) is 8.05. The molecule has 0 amide bonds. The Morgan fingerprint density at radius 2 is 1.57 bits per heavy atom. The zero-order chi connectivity index (χ0) is 27.2. The number of anilines is 1. The number of sulfone groups is 1. The van der Waals surface area contributed by atoms with Crippen molar-refractivity contribution in [1.29, 1.82) is 0 Å². The molecule has 0 unspecified atom stereocenters. The van der Waals surface area contributed by atoms with Crippen molar-refractivity contribution in [3.63, 3.8) is 0 Å². The number of hydrogen-bond donors (Lipinski definition) is 1. The Hall–Kier alpha value is -2.43. The van der Waals surface area contributed by atoms with Gasteiger partial charge in [0.2, 0.25) is 0 Å². The second kappa shape index (κ2) is 10.0. The molecule has 8 nitrogen and oxygen atoms in total. The van der Waals surface area contributed by atoms with Gasteiger partial charge in [0.05, 0.1) is 15.8 Å². The first-order valence-corrected chi connectivity index (χ1v) is 16.0. The average molecular weight is 565 g/mol. The third-order valence-corrected chi connectivity index (χ3v) is 10.3. The quantitative estimate of drug-likeness (QED) is 0.421. The Labute approximate surface area is 224 Å². The number of benzene rings is 2. The van der Waals surface area contributed by atoms with Gasteiger partial charge in [-0.2, -0.15) is 0 Å². The van der Waals surface area contributed by atoms with E-state index in [0.29, 0.717) is 53.6 Å². The first kappa shape index (κ1) is 27.6. The van der Waals surface area contributed by atoms with Crippen molar-refractivity contribution in [2.75, 3.05) is 11.0 Å². The summed E-state index contributed by atoms with van der Waals surface area (Å²) in [5, 5.41) is 8.73. The molecule has 37 heavy (non-hydrogen) atoms. The second-order valence-corrected chi connectivity index (χ2v) is 15.2. The summed E-state index contributed by atoms with van der Waals surface area (Å²) in [6, 6.07) is 11.8. The van der Waals surface area contributed by atoms with Crippen LogP contribution >= 0.6 is 11.6 Å². The van der Waals surface area contributed by atoms with Crippen LogP contribution in [-0.2, 0) is 25.3 Å². The highest BCUT2D eigenvalue weighted by Crippen LogP contribution is 2.38. The molecule has 1 aromatic heterocycles. The van der Waals surface area contributed by atoms with Crippen LogP contribution < -0.4 is 4.72 Å². The van der Waals surface area contributed by atoms with Crippen molar-refractivity contribution in [2.24, 2.45) is 0 Å². The van der Waals surface area contributed by atoms with Crippen LogP contribution in [0.15, 0.2) is 47.4 Å². The lowest BCUT2D eigenvalue weighted by Gasteiger charge is -2.30. The number of rotatable bonds is 6. The van der Waals surface area contributed by atoms with Gasteiger partial charge in [-0.05, 0) is 73.9 Å². The molecule has 0 bridgehead atoms. The molecule has 1 saturated carbocycles. The SMILES string of the molecule is Cc1nnc(-c2cc(Cl)ccc2NS(=O)(=O)c2ccc(C(C)(C)C)cc2)n1C1CCC(S(C)(=O)=O)CC1. The van der Waals surface area contributed by atoms with Crippen LogP contribution in [0.3, 0.4) is 0 Å². The smallest absolute Gasteiger partial charge is 0.261 e. The molecule has 4 rings (SSSR count). The first-order chi connectivity index (χ1) is 17.2. The van der Waals surface area contributed by atoms with Gasteiger partial charge in [-0.15, -0.1) is 10.2 Å². The average Bonchev–Trinajstić information content (AvgIpc) is 3.20. The minimum absolute atomic E-state index is 0.00335. The van der Waals surface area contributed by atoms with Crippen LogP contribution in [0.5, 0.6) is 0 Å². The van der Waals surface area contributed by atoms with E-state index in [9.17, 15) is 16.8 Å². The van der Waals surface area contributed by atoms with Gasteiger partial charge >= 0.3 is 0 Å². The van der Waals surface area contributed by atoms with Gasteiger partial charge in [-0.1, -0.05) is 44.5 Å². The van der Waals surface area contributed by atoms with Crippen LogP contribution in [0.1, 0.15) is 63.9 Å². The van der Waals surface area contributed by atoms with E-state index in [0.717, 1.165) is 5.56 Å². The maximum absolute atomic E-state index is 13.3. The minimum Gasteiger partial charge on any atom is -0.308 e. The number of hydrogen-bond acceptors (Lipinski definition) is 6. The van der Waals surface area contributed by atoms with Crippen LogP contribution in [0.4, 0.5) is 5.69 Å². The lowest BCUT2D eigenvalue weighted by molar-refractivity contribution is 0.350. The van der Waals surface area contributed by atoms with E-state index >= 15 is 0 Å². The Balaban J connectivity index is 1.68.